The normalized spacial score (nSPS) is 16.8. The SMILES string of the molecule is O=c1c2ccnn2cnn1CC1CCC1. The van der Waals surface area contributed by atoms with Crippen LogP contribution in [-0.2, 0) is 6.54 Å². The average Bonchev–Trinajstić information content (AvgIpc) is 2.62. The average molecular weight is 204 g/mol. The molecule has 0 aliphatic heterocycles. The molecule has 2 aromatic heterocycles. The molecule has 0 amide bonds. The zero-order valence-electron chi connectivity index (χ0n) is 8.33. The minimum Gasteiger partial charge on any atom is -0.265 e. The number of hydrogen-bond donors (Lipinski definition) is 0. The lowest BCUT2D eigenvalue weighted by molar-refractivity contribution is 0.261. The van der Waals surface area contributed by atoms with Crippen molar-refractivity contribution < 1.29 is 0 Å². The summed E-state index contributed by atoms with van der Waals surface area (Å²) >= 11 is 0. The number of aromatic nitrogens is 4. The van der Waals surface area contributed by atoms with Gasteiger partial charge < -0.3 is 0 Å². The summed E-state index contributed by atoms with van der Waals surface area (Å²) in [6.45, 7) is 0.751. The highest BCUT2D eigenvalue weighted by molar-refractivity contribution is 5.41. The molecular formula is C10H12N4O. The standard InChI is InChI=1S/C10H12N4O/c15-10-9-4-5-11-14(9)7-12-13(10)6-8-2-1-3-8/h4-5,7-8H,1-3,6H2. The highest BCUT2D eigenvalue weighted by Gasteiger charge is 2.19. The first-order chi connectivity index (χ1) is 7.34. The molecule has 78 valence electrons. The highest BCUT2D eigenvalue weighted by Crippen LogP contribution is 2.26. The van der Waals surface area contributed by atoms with E-state index < -0.39 is 0 Å². The molecule has 0 aromatic carbocycles. The first-order valence-electron chi connectivity index (χ1n) is 5.24. The molecule has 0 saturated heterocycles. The topological polar surface area (TPSA) is 52.2 Å². The van der Waals surface area contributed by atoms with Crippen LogP contribution in [0.15, 0.2) is 23.4 Å². The number of fused-ring (bicyclic) bond motifs is 1. The summed E-state index contributed by atoms with van der Waals surface area (Å²) in [5, 5.41) is 8.08. The van der Waals surface area contributed by atoms with E-state index in [1.165, 1.54) is 23.8 Å². The lowest BCUT2D eigenvalue weighted by atomic mass is 9.85. The molecule has 15 heavy (non-hydrogen) atoms. The number of rotatable bonds is 2. The van der Waals surface area contributed by atoms with Gasteiger partial charge in [0, 0.05) is 6.54 Å². The van der Waals surface area contributed by atoms with Crippen molar-refractivity contribution in [1.82, 2.24) is 19.4 Å². The van der Waals surface area contributed by atoms with Crippen molar-refractivity contribution in [1.29, 1.82) is 0 Å². The molecule has 0 unspecified atom stereocenters. The molecule has 2 aromatic rings. The van der Waals surface area contributed by atoms with Gasteiger partial charge in [0.15, 0.2) is 0 Å². The molecule has 2 heterocycles. The largest absolute Gasteiger partial charge is 0.292 e. The van der Waals surface area contributed by atoms with Gasteiger partial charge in [-0.25, -0.2) is 9.20 Å². The molecule has 5 heteroatoms. The summed E-state index contributed by atoms with van der Waals surface area (Å²) in [5.41, 5.74) is 0.561. The summed E-state index contributed by atoms with van der Waals surface area (Å²) in [5.74, 6) is 0.639. The number of hydrogen-bond acceptors (Lipinski definition) is 3. The van der Waals surface area contributed by atoms with E-state index in [2.05, 4.69) is 10.2 Å². The van der Waals surface area contributed by atoms with Crippen molar-refractivity contribution in [2.75, 3.05) is 0 Å². The lowest BCUT2D eigenvalue weighted by Crippen LogP contribution is -2.30. The lowest BCUT2D eigenvalue weighted by Gasteiger charge is -2.25. The van der Waals surface area contributed by atoms with Crippen molar-refractivity contribution in [3.63, 3.8) is 0 Å². The maximum Gasteiger partial charge on any atom is 0.292 e. The van der Waals surface area contributed by atoms with Crippen LogP contribution in [0.4, 0.5) is 0 Å². The molecule has 0 spiro atoms. The van der Waals surface area contributed by atoms with Crippen LogP contribution in [-0.4, -0.2) is 19.4 Å². The maximum atomic E-state index is 11.9. The molecule has 0 bridgehead atoms. The molecule has 1 aliphatic carbocycles. The summed E-state index contributed by atoms with van der Waals surface area (Å²) < 4.78 is 3.07. The van der Waals surface area contributed by atoms with Crippen LogP contribution in [0, 0.1) is 5.92 Å². The molecule has 0 atom stereocenters. The Bertz CT molecular complexity index is 538. The third kappa shape index (κ3) is 1.35. The Kier molecular flexibility index (Phi) is 1.83. The minimum atomic E-state index is -0.0399. The van der Waals surface area contributed by atoms with Crippen molar-refractivity contribution >= 4 is 5.52 Å². The predicted octanol–water partition coefficient (Wildman–Crippen LogP) is 0.691. The van der Waals surface area contributed by atoms with Gasteiger partial charge in [-0.1, -0.05) is 6.42 Å². The van der Waals surface area contributed by atoms with Crippen molar-refractivity contribution in [3.05, 3.63) is 28.9 Å². The van der Waals surface area contributed by atoms with E-state index in [1.54, 1.807) is 23.3 Å². The fourth-order valence-corrected chi connectivity index (χ4v) is 1.92. The van der Waals surface area contributed by atoms with E-state index in [0.717, 1.165) is 6.54 Å². The van der Waals surface area contributed by atoms with Crippen LogP contribution in [0.5, 0.6) is 0 Å². The van der Waals surface area contributed by atoms with Crippen molar-refractivity contribution in [3.8, 4) is 0 Å². The van der Waals surface area contributed by atoms with E-state index in [1.807, 2.05) is 0 Å². The Balaban J connectivity index is 2.02. The second-order valence-corrected chi connectivity index (χ2v) is 4.08. The Morgan fingerprint density at radius 3 is 3.00 bits per heavy atom. The first-order valence-corrected chi connectivity index (χ1v) is 5.24. The highest BCUT2D eigenvalue weighted by atomic mass is 16.1. The first kappa shape index (κ1) is 8.64. The van der Waals surface area contributed by atoms with E-state index in [9.17, 15) is 4.79 Å². The van der Waals surface area contributed by atoms with Crippen LogP contribution < -0.4 is 5.56 Å². The van der Waals surface area contributed by atoms with Gasteiger partial charge in [-0.2, -0.15) is 10.2 Å². The predicted molar refractivity (Wildman–Crippen MR) is 54.6 cm³/mol. The molecule has 0 N–H and O–H groups in total. The van der Waals surface area contributed by atoms with Gasteiger partial charge in [-0.05, 0) is 24.8 Å². The van der Waals surface area contributed by atoms with Gasteiger partial charge in [0.2, 0.25) is 0 Å². The Morgan fingerprint density at radius 2 is 2.27 bits per heavy atom. The zero-order chi connectivity index (χ0) is 10.3. The number of nitrogens with zero attached hydrogens (tertiary/aromatic N) is 4. The molecule has 1 aliphatic rings. The summed E-state index contributed by atoms with van der Waals surface area (Å²) in [6, 6.07) is 1.72. The van der Waals surface area contributed by atoms with E-state index in [-0.39, 0.29) is 5.56 Å². The van der Waals surface area contributed by atoms with Crippen LogP contribution in [0.2, 0.25) is 0 Å². The molecule has 0 radical (unpaired) electrons. The monoisotopic (exact) mass is 204 g/mol. The summed E-state index contributed by atoms with van der Waals surface area (Å²) in [4.78, 5) is 11.9. The molecule has 1 fully saturated rings. The molecular weight excluding hydrogens is 192 g/mol. The third-order valence-electron chi connectivity index (χ3n) is 3.08. The van der Waals surface area contributed by atoms with Gasteiger partial charge >= 0.3 is 0 Å². The van der Waals surface area contributed by atoms with E-state index in [0.29, 0.717) is 11.4 Å². The van der Waals surface area contributed by atoms with Gasteiger partial charge in [0.05, 0.1) is 6.20 Å². The Labute approximate surface area is 86.3 Å². The quantitative estimate of drug-likeness (QED) is 0.723. The van der Waals surface area contributed by atoms with Gasteiger partial charge in [0.25, 0.3) is 5.56 Å². The van der Waals surface area contributed by atoms with Crippen molar-refractivity contribution in [2.45, 2.75) is 25.8 Å². The minimum absolute atomic E-state index is 0.0399. The fraction of sp³-hybridized carbons (Fsp3) is 0.500. The fourth-order valence-electron chi connectivity index (χ4n) is 1.92. The second kappa shape index (κ2) is 3.18. The Hall–Kier alpha value is -1.65. The van der Waals surface area contributed by atoms with Crippen LogP contribution in [0.1, 0.15) is 19.3 Å². The molecule has 5 nitrogen and oxygen atoms in total. The van der Waals surface area contributed by atoms with Crippen LogP contribution in [0.3, 0.4) is 0 Å². The van der Waals surface area contributed by atoms with Crippen LogP contribution in [0.25, 0.3) is 5.52 Å². The maximum absolute atomic E-state index is 11.9. The van der Waals surface area contributed by atoms with Gasteiger partial charge in [-0.3, -0.25) is 4.79 Å². The summed E-state index contributed by atoms with van der Waals surface area (Å²) in [6.07, 6.45) is 6.94. The smallest absolute Gasteiger partial charge is 0.265 e. The molecule has 1 saturated carbocycles. The summed E-state index contributed by atoms with van der Waals surface area (Å²) in [7, 11) is 0. The third-order valence-corrected chi connectivity index (χ3v) is 3.08. The van der Waals surface area contributed by atoms with Gasteiger partial charge in [0.1, 0.15) is 11.8 Å². The zero-order valence-corrected chi connectivity index (χ0v) is 8.33. The molecule has 3 rings (SSSR count). The van der Waals surface area contributed by atoms with Crippen LogP contribution >= 0.6 is 0 Å². The van der Waals surface area contributed by atoms with E-state index >= 15 is 0 Å². The second-order valence-electron chi connectivity index (χ2n) is 4.08. The van der Waals surface area contributed by atoms with Gasteiger partial charge in [-0.15, -0.1) is 0 Å². The Morgan fingerprint density at radius 1 is 1.40 bits per heavy atom. The van der Waals surface area contributed by atoms with Crippen molar-refractivity contribution in [2.24, 2.45) is 5.92 Å². The van der Waals surface area contributed by atoms with E-state index in [4.69, 9.17) is 0 Å².